The summed E-state index contributed by atoms with van der Waals surface area (Å²) in [5.74, 6) is -0.657. The smallest absolute Gasteiger partial charge is 0.320 e. The first-order chi connectivity index (χ1) is 11.7. The molecule has 0 radical (unpaired) electrons. The minimum absolute atomic E-state index is 0.0256. The van der Waals surface area contributed by atoms with Crippen molar-refractivity contribution in [3.63, 3.8) is 0 Å². The molecule has 1 N–H and O–H groups in total. The minimum atomic E-state index is -0.619. The number of nitrogens with zero attached hydrogens (tertiary/aromatic N) is 2. The number of hydrogen-bond donors (Lipinski definition) is 1. The van der Waals surface area contributed by atoms with Crippen molar-refractivity contribution >= 4 is 34.9 Å². The zero-order valence-electron chi connectivity index (χ0n) is 14.5. The van der Waals surface area contributed by atoms with E-state index in [-0.39, 0.29) is 42.0 Å². The number of anilines is 1. The van der Waals surface area contributed by atoms with Gasteiger partial charge in [-0.1, -0.05) is 25.4 Å². The molecule has 8 nitrogen and oxygen atoms in total. The van der Waals surface area contributed by atoms with E-state index >= 15 is 0 Å². The molecule has 0 atom stereocenters. The minimum Gasteiger partial charge on any atom is -0.465 e. The molecule has 25 heavy (non-hydrogen) atoms. The SMILES string of the molecule is CCOC(=O)CN(CC(=O)Nc1ccc(Cl)cc1[N+](=O)[O-])CC(C)C. The van der Waals surface area contributed by atoms with Crippen LogP contribution in [-0.4, -0.2) is 47.9 Å². The van der Waals surface area contributed by atoms with E-state index in [4.69, 9.17) is 16.3 Å². The topological polar surface area (TPSA) is 102 Å². The van der Waals surface area contributed by atoms with Crippen LogP contribution in [0.4, 0.5) is 11.4 Å². The van der Waals surface area contributed by atoms with E-state index in [9.17, 15) is 19.7 Å². The number of ether oxygens (including phenoxy) is 1. The number of carbonyl (C=O) groups excluding carboxylic acids is 2. The largest absolute Gasteiger partial charge is 0.465 e. The third-order valence-corrected chi connectivity index (χ3v) is 3.31. The first-order valence-corrected chi connectivity index (χ1v) is 8.22. The highest BCUT2D eigenvalue weighted by Gasteiger charge is 2.20. The van der Waals surface area contributed by atoms with Gasteiger partial charge in [-0.2, -0.15) is 0 Å². The van der Waals surface area contributed by atoms with Gasteiger partial charge in [0.25, 0.3) is 5.69 Å². The first kappa shape index (κ1) is 20.9. The van der Waals surface area contributed by atoms with E-state index in [0.29, 0.717) is 6.54 Å². The molecule has 0 aliphatic carbocycles. The van der Waals surface area contributed by atoms with Crippen LogP contribution in [0.15, 0.2) is 18.2 Å². The average molecular weight is 372 g/mol. The Morgan fingerprint density at radius 3 is 2.60 bits per heavy atom. The number of hydrogen-bond acceptors (Lipinski definition) is 6. The molecule has 0 aliphatic rings. The molecule has 0 bridgehead atoms. The maximum atomic E-state index is 12.2. The lowest BCUT2D eigenvalue weighted by atomic mass is 10.2. The summed E-state index contributed by atoms with van der Waals surface area (Å²) in [6.45, 7) is 6.28. The standard InChI is InChI=1S/C16H22ClN3O5/c1-4-25-16(22)10-19(8-11(2)3)9-15(21)18-13-6-5-12(17)7-14(13)20(23)24/h5-7,11H,4,8-10H2,1-3H3,(H,18,21). The van der Waals surface area contributed by atoms with Crippen LogP contribution in [0.25, 0.3) is 0 Å². The Morgan fingerprint density at radius 2 is 2.04 bits per heavy atom. The highest BCUT2D eigenvalue weighted by atomic mass is 35.5. The molecule has 0 fully saturated rings. The zero-order valence-corrected chi connectivity index (χ0v) is 15.2. The zero-order chi connectivity index (χ0) is 19.0. The Kier molecular flexibility index (Phi) is 8.30. The highest BCUT2D eigenvalue weighted by Crippen LogP contribution is 2.27. The fourth-order valence-corrected chi connectivity index (χ4v) is 2.41. The Hall–Kier alpha value is -2.19. The summed E-state index contributed by atoms with van der Waals surface area (Å²) in [4.78, 5) is 36.0. The maximum Gasteiger partial charge on any atom is 0.320 e. The summed E-state index contributed by atoms with van der Waals surface area (Å²) < 4.78 is 4.90. The molecular formula is C16H22ClN3O5. The van der Waals surface area contributed by atoms with Crippen molar-refractivity contribution in [2.45, 2.75) is 20.8 Å². The predicted molar refractivity (Wildman–Crippen MR) is 94.6 cm³/mol. The lowest BCUT2D eigenvalue weighted by Gasteiger charge is -2.22. The Morgan fingerprint density at radius 1 is 1.36 bits per heavy atom. The number of carbonyl (C=O) groups is 2. The Balaban J connectivity index is 2.80. The fraction of sp³-hybridized carbons (Fsp3) is 0.500. The van der Waals surface area contributed by atoms with Crippen LogP contribution in [0.2, 0.25) is 5.02 Å². The van der Waals surface area contributed by atoms with Gasteiger partial charge in [-0.25, -0.2) is 0 Å². The summed E-state index contributed by atoms with van der Waals surface area (Å²) >= 11 is 5.75. The molecule has 9 heteroatoms. The highest BCUT2D eigenvalue weighted by molar-refractivity contribution is 6.31. The molecule has 0 unspecified atom stereocenters. The molecule has 0 aliphatic heterocycles. The number of nitro benzene ring substituents is 1. The number of amides is 1. The first-order valence-electron chi connectivity index (χ1n) is 7.84. The summed E-state index contributed by atoms with van der Waals surface area (Å²) in [7, 11) is 0. The quantitative estimate of drug-likeness (QED) is 0.407. The molecule has 0 heterocycles. The summed E-state index contributed by atoms with van der Waals surface area (Å²) in [6.07, 6.45) is 0. The van der Waals surface area contributed by atoms with E-state index < -0.39 is 16.8 Å². The van der Waals surface area contributed by atoms with Crippen LogP contribution in [0.5, 0.6) is 0 Å². The van der Waals surface area contributed by atoms with Crippen LogP contribution >= 0.6 is 11.6 Å². The Bertz CT molecular complexity index is 636. The fourth-order valence-electron chi connectivity index (χ4n) is 2.24. The van der Waals surface area contributed by atoms with Crippen molar-refractivity contribution in [2.24, 2.45) is 5.92 Å². The lowest BCUT2D eigenvalue weighted by Crippen LogP contribution is -2.39. The van der Waals surface area contributed by atoms with Crippen LogP contribution < -0.4 is 5.32 Å². The van der Waals surface area contributed by atoms with Gasteiger partial charge in [0.15, 0.2) is 0 Å². The summed E-state index contributed by atoms with van der Waals surface area (Å²) in [5.41, 5.74) is -0.235. The number of nitrogens with one attached hydrogen (secondary N) is 1. The van der Waals surface area contributed by atoms with Crippen molar-refractivity contribution in [3.8, 4) is 0 Å². The van der Waals surface area contributed by atoms with E-state index in [1.54, 1.807) is 11.8 Å². The monoisotopic (exact) mass is 371 g/mol. The molecule has 1 rings (SSSR count). The number of benzene rings is 1. The second-order valence-corrected chi connectivity index (χ2v) is 6.27. The molecule has 0 saturated heterocycles. The lowest BCUT2D eigenvalue weighted by molar-refractivity contribution is -0.383. The number of rotatable bonds is 9. The van der Waals surface area contributed by atoms with Crippen molar-refractivity contribution in [1.29, 1.82) is 0 Å². The predicted octanol–water partition coefficient (Wildman–Crippen LogP) is 2.71. The van der Waals surface area contributed by atoms with Crippen LogP contribution in [0.1, 0.15) is 20.8 Å². The van der Waals surface area contributed by atoms with Crippen molar-refractivity contribution in [3.05, 3.63) is 33.3 Å². The van der Waals surface area contributed by atoms with Gasteiger partial charge in [0.1, 0.15) is 5.69 Å². The number of halogens is 1. The maximum absolute atomic E-state index is 12.2. The Labute approximate surface area is 151 Å². The van der Waals surface area contributed by atoms with Gasteiger partial charge in [-0.05, 0) is 25.0 Å². The molecule has 0 saturated carbocycles. The van der Waals surface area contributed by atoms with Gasteiger partial charge >= 0.3 is 5.97 Å². The van der Waals surface area contributed by atoms with Gasteiger partial charge in [0.05, 0.1) is 24.6 Å². The number of esters is 1. The molecular weight excluding hydrogens is 350 g/mol. The van der Waals surface area contributed by atoms with Crippen molar-refractivity contribution < 1.29 is 19.2 Å². The molecule has 1 aromatic carbocycles. The van der Waals surface area contributed by atoms with E-state index in [1.807, 2.05) is 13.8 Å². The van der Waals surface area contributed by atoms with Gasteiger partial charge in [0, 0.05) is 17.6 Å². The average Bonchev–Trinajstić information content (AvgIpc) is 2.48. The van der Waals surface area contributed by atoms with Crippen LogP contribution in [-0.2, 0) is 14.3 Å². The molecule has 0 spiro atoms. The molecule has 1 aromatic rings. The van der Waals surface area contributed by atoms with Gasteiger partial charge in [0.2, 0.25) is 5.91 Å². The van der Waals surface area contributed by atoms with E-state index in [1.165, 1.54) is 18.2 Å². The molecule has 0 aromatic heterocycles. The molecule has 138 valence electrons. The summed E-state index contributed by atoms with van der Waals surface area (Å²) in [5, 5.41) is 13.8. The number of nitro groups is 1. The molecule has 1 amide bonds. The van der Waals surface area contributed by atoms with Crippen molar-refractivity contribution in [2.75, 3.05) is 31.6 Å². The third-order valence-electron chi connectivity index (χ3n) is 3.08. The van der Waals surface area contributed by atoms with Crippen LogP contribution in [0.3, 0.4) is 0 Å². The van der Waals surface area contributed by atoms with Gasteiger partial charge < -0.3 is 10.1 Å². The van der Waals surface area contributed by atoms with E-state index in [0.717, 1.165) is 0 Å². The van der Waals surface area contributed by atoms with Gasteiger partial charge in [-0.3, -0.25) is 24.6 Å². The van der Waals surface area contributed by atoms with E-state index in [2.05, 4.69) is 5.32 Å². The second-order valence-electron chi connectivity index (χ2n) is 5.84. The summed E-state index contributed by atoms with van der Waals surface area (Å²) in [6, 6.07) is 3.99. The normalized spacial score (nSPS) is 10.8. The van der Waals surface area contributed by atoms with Crippen molar-refractivity contribution in [1.82, 2.24) is 4.90 Å². The van der Waals surface area contributed by atoms with Crippen LogP contribution in [0, 0.1) is 16.0 Å². The second kappa shape index (κ2) is 9.95. The van der Waals surface area contributed by atoms with Gasteiger partial charge in [-0.15, -0.1) is 0 Å². The third kappa shape index (κ3) is 7.49.